The zero-order valence-corrected chi connectivity index (χ0v) is 13.0. The fourth-order valence-electron chi connectivity index (χ4n) is 1.93. The maximum Gasteiger partial charge on any atom is 0.132 e. The summed E-state index contributed by atoms with van der Waals surface area (Å²) in [7, 11) is 3.71. The Hall–Kier alpha value is -0.0600. The van der Waals surface area contributed by atoms with Crippen molar-refractivity contribution in [1.29, 1.82) is 0 Å². The number of nitrogens with zero attached hydrogens (tertiary/aromatic N) is 1. The predicted molar refractivity (Wildman–Crippen MR) is 82.6 cm³/mol. The van der Waals surface area contributed by atoms with Crippen molar-refractivity contribution in [3.05, 3.63) is 12.2 Å². The van der Waals surface area contributed by atoms with Gasteiger partial charge in [-0.3, -0.25) is 0 Å². The zero-order valence-electron chi connectivity index (χ0n) is 11.3. The van der Waals surface area contributed by atoms with Gasteiger partial charge in [-0.1, -0.05) is 31.3 Å². The molecule has 100 valence electrons. The Morgan fingerprint density at radius 1 is 1.41 bits per heavy atom. The van der Waals surface area contributed by atoms with E-state index in [9.17, 15) is 5.11 Å². The first-order valence-electron chi connectivity index (χ1n) is 5.99. The van der Waals surface area contributed by atoms with E-state index < -0.39 is 0 Å². The second-order valence-electron chi connectivity index (χ2n) is 5.12. The molecule has 0 aromatic heterocycles. The molecular weight excluding hydrogens is 250 g/mol. The first-order valence-corrected chi connectivity index (χ1v) is 6.85. The monoisotopic (exact) mass is 275 g/mol. The average molecular weight is 275 g/mol. The SMILES string of the molecule is C=C(C)C1CCC(C)CC1O.CN(C)C(=S)S. The summed E-state index contributed by atoms with van der Waals surface area (Å²) in [4.78, 5) is 1.76. The van der Waals surface area contributed by atoms with Gasteiger partial charge >= 0.3 is 0 Å². The first-order chi connectivity index (χ1) is 7.75. The quantitative estimate of drug-likeness (QED) is 0.437. The summed E-state index contributed by atoms with van der Waals surface area (Å²) in [6, 6.07) is 0. The summed E-state index contributed by atoms with van der Waals surface area (Å²) >= 11 is 8.46. The molecule has 0 aromatic rings. The van der Waals surface area contributed by atoms with Gasteiger partial charge in [0.25, 0.3) is 0 Å². The van der Waals surface area contributed by atoms with Crippen LogP contribution in [0.3, 0.4) is 0 Å². The molecule has 1 rings (SSSR count). The number of aliphatic hydroxyl groups excluding tert-OH is 1. The van der Waals surface area contributed by atoms with E-state index in [0.29, 0.717) is 16.2 Å². The van der Waals surface area contributed by atoms with Crippen LogP contribution in [0.25, 0.3) is 0 Å². The minimum absolute atomic E-state index is 0.128. The molecule has 1 saturated carbocycles. The molecule has 2 nitrogen and oxygen atoms in total. The molecule has 1 aliphatic rings. The Labute approximate surface area is 116 Å². The van der Waals surface area contributed by atoms with Crippen molar-refractivity contribution in [3.8, 4) is 0 Å². The van der Waals surface area contributed by atoms with Gasteiger partial charge in [0.1, 0.15) is 4.32 Å². The summed E-state index contributed by atoms with van der Waals surface area (Å²) in [5, 5.41) is 9.65. The van der Waals surface area contributed by atoms with E-state index in [1.165, 1.54) is 6.42 Å². The molecule has 17 heavy (non-hydrogen) atoms. The maximum atomic E-state index is 9.65. The van der Waals surface area contributed by atoms with Crippen LogP contribution in [0, 0.1) is 11.8 Å². The third-order valence-corrected chi connectivity index (χ3v) is 3.86. The summed E-state index contributed by atoms with van der Waals surface area (Å²) in [6.45, 7) is 8.12. The van der Waals surface area contributed by atoms with E-state index in [-0.39, 0.29) is 6.10 Å². The molecule has 1 aliphatic carbocycles. The minimum Gasteiger partial charge on any atom is -0.392 e. The van der Waals surface area contributed by atoms with Gasteiger partial charge in [-0.05, 0) is 32.1 Å². The van der Waals surface area contributed by atoms with Crippen LogP contribution < -0.4 is 0 Å². The molecule has 0 amide bonds. The van der Waals surface area contributed by atoms with E-state index in [0.717, 1.165) is 18.4 Å². The molecule has 1 N–H and O–H groups in total. The van der Waals surface area contributed by atoms with Crippen molar-refractivity contribution >= 4 is 29.2 Å². The van der Waals surface area contributed by atoms with Crippen LogP contribution in [0.1, 0.15) is 33.1 Å². The molecule has 1 fully saturated rings. The molecule has 0 aliphatic heterocycles. The maximum absolute atomic E-state index is 9.65. The molecule has 3 unspecified atom stereocenters. The number of thiocarbonyl (C=S) groups is 1. The second-order valence-corrected chi connectivity index (χ2v) is 6.23. The number of aliphatic hydroxyl groups is 1. The number of thiol groups is 1. The van der Waals surface area contributed by atoms with E-state index in [1.807, 2.05) is 21.0 Å². The summed E-state index contributed by atoms with van der Waals surface area (Å²) in [5.74, 6) is 1.06. The highest BCUT2D eigenvalue weighted by molar-refractivity contribution is 8.10. The Morgan fingerprint density at radius 3 is 2.18 bits per heavy atom. The van der Waals surface area contributed by atoms with Gasteiger partial charge in [0, 0.05) is 20.0 Å². The lowest BCUT2D eigenvalue weighted by Gasteiger charge is -2.31. The van der Waals surface area contributed by atoms with Crippen LogP contribution in [0.15, 0.2) is 12.2 Å². The second kappa shape index (κ2) is 8.11. The van der Waals surface area contributed by atoms with Gasteiger partial charge in [-0.25, -0.2) is 0 Å². The Bertz CT molecular complexity index is 266. The minimum atomic E-state index is -0.128. The van der Waals surface area contributed by atoms with Crippen LogP contribution in [0.4, 0.5) is 0 Å². The summed E-state index contributed by atoms with van der Waals surface area (Å²) in [6.07, 6.45) is 3.19. The van der Waals surface area contributed by atoms with Crippen LogP contribution in [0.5, 0.6) is 0 Å². The molecule has 0 bridgehead atoms. The summed E-state index contributed by atoms with van der Waals surface area (Å²) < 4.78 is 0.620. The van der Waals surface area contributed by atoms with E-state index >= 15 is 0 Å². The van der Waals surface area contributed by atoms with Gasteiger partial charge in [0.15, 0.2) is 0 Å². The van der Waals surface area contributed by atoms with Crippen molar-refractivity contribution in [2.75, 3.05) is 14.1 Å². The number of rotatable bonds is 1. The lowest BCUT2D eigenvalue weighted by Crippen LogP contribution is -2.28. The van der Waals surface area contributed by atoms with Crippen molar-refractivity contribution < 1.29 is 5.11 Å². The van der Waals surface area contributed by atoms with Crippen molar-refractivity contribution in [3.63, 3.8) is 0 Å². The zero-order chi connectivity index (χ0) is 13.6. The third kappa shape index (κ3) is 7.06. The van der Waals surface area contributed by atoms with Crippen molar-refractivity contribution in [2.24, 2.45) is 11.8 Å². The first kappa shape index (κ1) is 16.9. The highest BCUT2D eigenvalue weighted by atomic mass is 32.1. The topological polar surface area (TPSA) is 23.5 Å². The summed E-state index contributed by atoms with van der Waals surface area (Å²) in [5.41, 5.74) is 1.14. The highest BCUT2D eigenvalue weighted by Crippen LogP contribution is 2.32. The van der Waals surface area contributed by atoms with Gasteiger partial charge in [-0.2, -0.15) is 0 Å². The lowest BCUT2D eigenvalue weighted by molar-refractivity contribution is 0.0656. The van der Waals surface area contributed by atoms with Gasteiger partial charge in [-0.15, -0.1) is 12.6 Å². The molecule has 0 heterocycles. The highest BCUT2D eigenvalue weighted by Gasteiger charge is 2.26. The average Bonchev–Trinajstić information content (AvgIpc) is 2.17. The van der Waals surface area contributed by atoms with E-state index in [2.05, 4.69) is 38.3 Å². The standard InChI is InChI=1S/C10H18O.C3H7NS2/c1-7(2)9-5-4-8(3)6-10(9)11;1-4(2)3(5)6/h8-11H,1,4-6H2,2-3H3;1-2H3,(H,5,6). The number of hydrogen-bond acceptors (Lipinski definition) is 2. The fourth-order valence-corrected chi connectivity index (χ4v) is 1.93. The largest absolute Gasteiger partial charge is 0.392 e. The molecule has 4 heteroatoms. The van der Waals surface area contributed by atoms with Crippen LogP contribution >= 0.6 is 24.8 Å². The molecule has 0 aromatic carbocycles. The van der Waals surface area contributed by atoms with E-state index in [1.54, 1.807) is 4.90 Å². The molecule has 0 spiro atoms. The molecule has 0 radical (unpaired) electrons. The fraction of sp³-hybridized carbons (Fsp3) is 0.769. The van der Waals surface area contributed by atoms with Gasteiger partial charge in [0.2, 0.25) is 0 Å². The van der Waals surface area contributed by atoms with Crippen LogP contribution in [-0.4, -0.2) is 34.5 Å². The van der Waals surface area contributed by atoms with Gasteiger partial charge < -0.3 is 10.0 Å². The normalized spacial score (nSPS) is 27.8. The molecular formula is C13H25NOS2. The van der Waals surface area contributed by atoms with Crippen LogP contribution in [0.2, 0.25) is 0 Å². The number of hydrogen-bond donors (Lipinski definition) is 2. The third-order valence-electron chi connectivity index (χ3n) is 3.09. The Balaban J connectivity index is 0.000000366. The smallest absolute Gasteiger partial charge is 0.132 e. The molecule has 0 saturated heterocycles. The predicted octanol–water partition coefficient (Wildman–Crippen LogP) is 3.12. The van der Waals surface area contributed by atoms with Crippen molar-refractivity contribution in [1.82, 2.24) is 4.90 Å². The lowest BCUT2D eigenvalue weighted by atomic mass is 9.78. The Morgan fingerprint density at radius 2 is 1.88 bits per heavy atom. The van der Waals surface area contributed by atoms with Gasteiger partial charge in [0.05, 0.1) is 6.10 Å². The van der Waals surface area contributed by atoms with Crippen molar-refractivity contribution in [2.45, 2.75) is 39.2 Å². The molecule has 3 atom stereocenters. The Kier molecular flexibility index (Phi) is 8.09. The van der Waals surface area contributed by atoms with Crippen LogP contribution in [-0.2, 0) is 0 Å². The van der Waals surface area contributed by atoms with E-state index in [4.69, 9.17) is 0 Å².